The van der Waals surface area contributed by atoms with E-state index in [1.807, 2.05) is 6.92 Å². The van der Waals surface area contributed by atoms with Crippen LogP contribution in [0, 0.1) is 0 Å². The fourth-order valence-electron chi connectivity index (χ4n) is 0.196. The van der Waals surface area contributed by atoms with Crippen LogP contribution in [0.3, 0.4) is 0 Å². The maximum Gasteiger partial charge on any atom is 0.222 e. The van der Waals surface area contributed by atoms with Crippen molar-refractivity contribution in [1.82, 2.24) is 10.3 Å². The zero-order valence-corrected chi connectivity index (χ0v) is 4.22. The maximum atomic E-state index is 9.75. The molecular weight excluding hydrogens is 90.9 g/mol. The van der Waals surface area contributed by atoms with Crippen molar-refractivity contribution in [2.75, 3.05) is 6.54 Å². The van der Waals surface area contributed by atoms with Crippen molar-refractivity contribution < 1.29 is 4.79 Å². The molecule has 0 aromatic heterocycles. The molecule has 0 aliphatic heterocycles. The molecule has 4 heteroatoms. The summed E-state index contributed by atoms with van der Waals surface area (Å²) in [5.41, 5.74) is 0. The largest absolute Gasteiger partial charge is 0.293 e. The Morgan fingerprint density at radius 1 is 2.00 bits per heavy atom. The number of nitrogens with zero attached hydrogens (tertiary/aromatic N) is 1. The summed E-state index contributed by atoms with van der Waals surface area (Å²) in [5.74, 6) is 0. The van der Waals surface area contributed by atoms with Gasteiger partial charge in [0.05, 0.1) is 0 Å². The molecule has 2 radical (unpaired) electrons. The van der Waals surface area contributed by atoms with E-state index in [1.165, 1.54) is 5.01 Å². The smallest absolute Gasteiger partial charge is 0.222 e. The third-order valence-electron chi connectivity index (χ3n) is 0.634. The molecule has 0 aromatic carbocycles. The van der Waals surface area contributed by atoms with E-state index in [0.717, 1.165) is 0 Å². The second-order valence-electron chi connectivity index (χ2n) is 1.02. The second kappa shape index (κ2) is 3.68. The van der Waals surface area contributed by atoms with Crippen molar-refractivity contribution >= 4 is 14.4 Å². The molecule has 0 heterocycles. The van der Waals surface area contributed by atoms with Crippen molar-refractivity contribution in [2.45, 2.75) is 6.92 Å². The third kappa shape index (κ3) is 2.22. The van der Waals surface area contributed by atoms with Gasteiger partial charge in [-0.3, -0.25) is 15.1 Å². The summed E-state index contributed by atoms with van der Waals surface area (Å²) in [4.78, 5) is 9.75. The molecule has 0 atom stereocenters. The lowest BCUT2D eigenvalue weighted by molar-refractivity contribution is -0.119. The monoisotopic (exact) mass is 98.1 g/mol. The summed E-state index contributed by atoms with van der Waals surface area (Å²) < 4.78 is 0. The topological polar surface area (TPSA) is 32.3 Å². The van der Waals surface area contributed by atoms with Gasteiger partial charge in [0, 0.05) is 6.54 Å². The third-order valence-corrected chi connectivity index (χ3v) is 0.634. The molecule has 0 saturated carbocycles. The van der Waals surface area contributed by atoms with Gasteiger partial charge in [0.2, 0.25) is 14.4 Å². The van der Waals surface area contributed by atoms with Crippen LogP contribution in [-0.4, -0.2) is 25.9 Å². The van der Waals surface area contributed by atoms with Gasteiger partial charge >= 0.3 is 0 Å². The zero-order chi connectivity index (χ0) is 5.70. The highest BCUT2D eigenvalue weighted by Crippen LogP contribution is 1.66. The first-order valence-corrected chi connectivity index (χ1v) is 2.03. The highest BCUT2D eigenvalue weighted by molar-refractivity contribution is 6.04. The molecule has 0 fully saturated rings. The highest BCUT2D eigenvalue weighted by atomic mass is 16.1. The number of carbonyl (C=O) groups excluding carboxylic acids is 1. The number of carbonyl (C=O) groups is 1. The summed E-state index contributed by atoms with van der Waals surface area (Å²) in [6, 6.07) is 0. The Kier molecular flexibility index (Phi) is 3.41. The van der Waals surface area contributed by atoms with Gasteiger partial charge in [-0.2, -0.15) is 0 Å². The first kappa shape index (κ1) is 6.49. The molecule has 0 aliphatic carbocycles. The molecule has 0 rings (SSSR count). The summed E-state index contributed by atoms with van der Waals surface area (Å²) in [6.07, 6.45) is 0.625. The number of hydrogen-bond donors (Lipinski definition) is 1. The van der Waals surface area contributed by atoms with Crippen LogP contribution < -0.4 is 5.34 Å². The molecular formula is C3H7BN2O. The van der Waals surface area contributed by atoms with E-state index in [1.54, 1.807) is 0 Å². The van der Waals surface area contributed by atoms with Crippen LogP contribution in [0.4, 0.5) is 0 Å². The predicted octanol–water partition coefficient (Wildman–Crippen LogP) is -0.947. The molecule has 0 bridgehead atoms. The number of amides is 1. The lowest BCUT2D eigenvalue weighted by Crippen LogP contribution is -2.34. The number of hydrogen-bond acceptors (Lipinski definition) is 2. The van der Waals surface area contributed by atoms with Crippen LogP contribution in [-0.2, 0) is 4.79 Å². The van der Waals surface area contributed by atoms with E-state index in [4.69, 9.17) is 7.98 Å². The van der Waals surface area contributed by atoms with E-state index < -0.39 is 0 Å². The molecule has 1 N–H and O–H groups in total. The number of nitrogens with one attached hydrogen (secondary N) is 1. The van der Waals surface area contributed by atoms with E-state index in [2.05, 4.69) is 5.34 Å². The minimum Gasteiger partial charge on any atom is -0.293 e. The predicted molar refractivity (Wildman–Crippen MR) is 27.3 cm³/mol. The van der Waals surface area contributed by atoms with Crippen LogP contribution in [0.1, 0.15) is 6.92 Å². The second-order valence-corrected chi connectivity index (χ2v) is 1.02. The SMILES string of the molecule is [B]NN(C=O)CC. The molecule has 0 aromatic rings. The minimum absolute atomic E-state index is 0.583. The standard InChI is InChI=1S/C3H7BN2O/c1-2-6(3-7)5-4/h3,5H,2H2,1H3. The zero-order valence-electron chi connectivity index (χ0n) is 4.22. The Labute approximate surface area is 44.1 Å². The van der Waals surface area contributed by atoms with Gasteiger partial charge in [0.15, 0.2) is 0 Å². The van der Waals surface area contributed by atoms with Crippen LogP contribution in [0.15, 0.2) is 0 Å². The van der Waals surface area contributed by atoms with Gasteiger partial charge in [-0.25, -0.2) is 0 Å². The molecule has 3 nitrogen and oxygen atoms in total. The van der Waals surface area contributed by atoms with Crippen LogP contribution in [0.5, 0.6) is 0 Å². The molecule has 7 heavy (non-hydrogen) atoms. The van der Waals surface area contributed by atoms with Gasteiger partial charge in [-0.05, 0) is 6.92 Å². The number of rotatable bonds is 3. The summed E-state index contributed by atoms with van der Waals surface area (Å²) in [5, 5.41) is 3.39. The maximum absolute atomic E-state index is 9.75. The first-order valence-electron chi connectivity index (χ1n) is 2.03. The van der Waals surface area contributed by atoms with Crippen molar-refractivity contribution in [3.8, 4) is 0 Å². The normalized spacial score (nSPS) is 8.14. The molecule has 0 saturated heterocycles. The fraction of sp³-hybridized carbons (Fsp3) is 0.667. The van der Waals surface area contributed by atoms with Gasteiger partial charge in [0.25, 0.3) is 0 Å². The van der Waals surface area contributed by atoms with E-state index >= 15 is 0 Å². The van der Waals surface area contributed by atoms with Crippen LogP contribution >= 0.6 is 0 Å². The lowest BCUT2D eigenvalue weighted by Gasteiger charge is -2.10. The Hall–Kier alpha value is -0.505. The average molecular weight is 97.9 g/mol. The van der Waals surface area contributed by atoms with E-state index in [9.17, 15) is 4.79 Å². The first-order chi connectivity index (χ1) is 3.35. The summed E-state index contributed by atoms with van der Waals surface area (Å²) >= 11 is 0. The van der Waals surface area contributed by atoms with Crippen LogP contribution in [0.25, 0.3) is 0 Å². The van der Waals surface area contributed by atoms with E-state index in [0.29, 0.717) is 13.0 Å². The Morgan fingerprint density at radius 3 is 2.57 bits per heavy atom. The van der Waals surface area contributed by atoms with Crippen molar-refractivity contribution in [2.24, 2.45) is 0 Å². The molecule has 0 spiro atoms. The average Bonchev–Trinajstić information content (AvgIpc) is 1.72. The molecule has 38 valence electrons. The van der Waals surface area contributed by atoms with E-state index in [-0.39, 0.29) is 0 Å². The van der Waals surface area contributed by atoms with Crippen LogP contribution in [0.2, 0.25) is 0 Å². The van der Waals surface area contributed by atoms with Crippen molar-refractivity contribution in [3.63, 3.8) is 0 Å². The molecule has 1 amide bonds. The van der Waals surface area contributed by atoms with Gasteiger partial charge in [-0.15, -0.1) is 0 Å². The quantitative estimate of drug-likeness (QED) is 0.280. The fourth-order valence-corrected chi connectivity index (χ4v) is 0.196. The van der Waals surface area contributed by atoms with Gasteiger partial charge < -0.3 is 0 Å². The highest BCUT2D eigenvalue weighted by Gasteiger charge is 1.85. The Balaban J connectivity index is 3.16. The van der Waals surface area contributed by atoms with Crippen molar-refractivity contribution in [1.29, 1.82) is 0 Å². The number of hydrazine groups is 1. The molecule has 0 unspecified atom stereocenters. The summed E-state index contributed by atoms with van der Waals surface area (Å²) in [7, 11) is 4.84. The minimum atomic E-state index is 0.583. The van der Waals surface area contributed by atoms with Crippen molar-refractivity contribution in [3.05, 3.63) is 0 Å². The lowest BCUT2D eigenvalue weighted by atomic mass is 10.5. The Bertz CT molecular complexity index is 54.9. The summed E-state index contributed by atoms with van der Waals surface area (Å²) in [6.45, 7) is 2.40. The molecule has 0 aliphatic rings. The Morgan fingerprint density at radius 2 is 2.57 bits per heavy atom. The van der Waals surface area contributed by atoms with Gasteiger partial charge in [0.1, 0.15) is 0 Å². The van der Waals surface area contributed by atoms with Gasteiger partial charge in [-0.1, -0.05) is 0 Å².